The summed E-state index contributed by atoms with van der Waals surface area (Å²) in [6.45, 7) is 14.7. The van der Waals surface area contributed by atoms with Gasteiger partial charge in [-0.15, -0.1) is 0 Å². The van der Waals surface area contributed by atoms with Crippen LogP contribution in [0.1, 0.15) is 68.4 Å². The van der Waals surface area contributed by atoms with Gasteiger partial charge in [0, 0.05) is 45.5 Å². The monoisotopic (exact) mass is 826 g/mol. The van der Waals surface area contributed by atoms with Crippen LogP contribution in [0.3, 0.4) is 0 Å². The van der Waals surface area contributed by atoms with Crippen LogP contribution in [0.5, 0.6) is 0 Å². The third-order valence-corrected chi connectivity index (χ3v) is 14.5. The first kappa shape index (κ1) is 39.7. The first-order valence-corrected chi connectivity index (χ1v) is 22.8. The summed E-state index contributed by atoms with van der Waals surface area (Å²) in [6, 6.07) is 71.0. The van der Waals surface area contributed by atoms with Crippen LogP contribution in [0.2, 0.25) is 0 Å². The molecule has 0 saturated heterocycles. The summed E-state index contributed by atoms with van der Waals surface area (Å²) in [6.07, 6.45) is 5.06. The topological polar surface area (TPSA) is 6.48 Å². The number of fused-ring (bicyclic) bond motifs is 7. The predicted molar refractivity (Wildman–Crippen MR) is 270 cm³/mol. The Kier molecular flexibility index (Phi) is 9.47. The fraction of sp³-hybridized carbons (Fsp3) is 0.161. The van der Waals surface area contributed by atoms with Crippen molar-refractivity contribution in [2.75, 3.05) is 9.80 Å². The molecule has 2 heteroatoms. The van der Waals surface area contributed by atoms with Gasteiger partial charge >= 0.3 is 0 Å². The molecule has 312 valence electrons. The second-order valence-corrected chi connectivity index (χ2v) is 19.1. The molecule has 0 aliphatic heterocycles. The summed E-state index contributed by atoms with van der Waals surface area (Å²) in [5.41, 5.74) is 23.0. The fourth-order valence-electron chi connectivity index (χ4n) is 11.5. The average molecular weight is 827 g/mol. The number of anilines is 5. The minimum absolute atomic E-state index is 0.127. The lowest BCUT2D eigenvalue weighted by Crippen LogP contribution is -2.31. The van der Waals surface area contributed by atoms with Crippen molar-refractivity contribution in [2.24, 2.45) is 5.92 Å². The highest BCUT2D eigenvalue weighted by Gasteiger charge is 2.52. The first-order chi connectivity index (χ1) is 31.1. The van der Waals surface area contributed by atoms with Gasteiger partial charge < -0.3 is 9.80 Å². The SMILES string of the molecule is CC1=CC(N(c2ccccc2)c2ccc(-c3ccccc3)cc2)=CC2C1c1ccc3c(c1C2(C)C)C(C)(C)c1cc(N(c2ccccc2)c2ccc(-c4ccccc4)cc2)cc(C)c1-3. The van der Waals surface area contributed by atoms with Gasteiger partial charge in [0.1, 0.15) is 0 Å². The lowest BCUT2D eigenvalue weighted by molar-refractivity contribution is 0.380. The van der Waals surface area contributed by atoms with E-state index in [4.69, 9.17) is 0 Å². The van der Waals surface area contributed by atoms with E-state index in [1.807, 2.05) is 0 Å². The number of benzene rings is 8. The van der Waals surface area contributed by atoms with Gasteiger partial charge in [-0.05, 0) is 153 Å². The minimum Gasteiger partial charge on any atom is -0.311 e. The Bertz CT molecular complexity index is 3090. The molecule has 0 amide bonds. The van der Waals surface area contributed by atoms with Crippen LogP contribution in [-0.4, -0.2) is 0 Å². The maximum Gasteiger partial charge on any atom is 0.0467 e. The summed E-state index contributed by atoms with van der Waals surface area (Å²) in [7, 11) is 0. The molecule has 2 nitrogen and oxygen atoms in total. The molecule has 0 spiro atoms. The first-order valence-electron chi connectivity index (χ1n) is 22.8. The van der Waals surface area contributed by atoms with Gasteiger partial charge in [-0.25, -0.2) is 0 Å². The molecule has 3 aliphatic carbocycles. The van der Waals surface area contributed by atoms with E-state index in [-0.39, 0.29) is 16.7 Å². The summed E-state index contributed by atoms with van der Waals surface area (Å²) >= 11 is 0. The smallest absolute Gasteiger partial charge is 0.0467 e. The van der Waals surface area contributed by atoms with Crippen molar-refractivity contribution in [1.29, 1.82) is 0 Å². The van der Waals surface area contributed by atoms with E-state index in [0.717, 1.165) is 22.7 Å². The van der Waals surface area contributed by atoms with Gasteiger partial charge in [-0.1, -0.05) is 173 Å². The van der Waals surface area contributed by atoms with E-state index >= 15 is 0 Å². The third kappa shape index (κ3) is 6.38. The maximum atomic E-state index is 2.60. The summed E-state index contributed by atoms with van der Waals surface area (Å²) < 4.78 is 0. The predicted octanol–water partition coefficient (Wildman–Crippen LogP) is 16.8. The zero-order chi connectivity index (χ0) is 43.7. The van der Waals surface area contributed by atoms with E-state index in [2.05, 4.69) is 258 Å². The second-order valence-electron chi connectivity index (χ2n) is 19.1. The Morgan fingerprint density at radius 3 is 1.45 bits per heavy atom. The highest BCUT2D eigenvalue weighted by atomic mass is 15.2. The Morgan fingerprint density at radius 1 is 0.438 bits per heavy atom. The van der Waals surface area contributed by atoms with Crippen molar-refractivity contribution in [3.05, 3.63) is 245 Å². The van der Waals surface area contributed by atoms with E-state index in [1.54, 1.807) is 0 Å². The van der Waals surface area contributed by atoms with E-state index < -0.39 is 0 Å². The molecule has 0 radical (unpaired) electrons. The van der Waals surface area contributed by atoms with E-state index in [0.29, 0.717) is 5.92 Å². The zero-order valence-electron chi connectivity index (χ0n) is 37.7. The van der Waals surface area contributed by atoms with Gasteiger partial charge in [-0.3, -0.25) is 0 Å². The highest BCUT2D eigenvalue weighted by molar-refractivity contribution is 5.90. The number of allylic oxidation sites excluding steroid dienone is 3. The number of hydrogen-bond acceptors (Lipinski definition) is 2. The molecule has 0 aromatic heterocycles. The molecule has 2 atom stereocenters. The van der Waals surface area contributed by atoms with Gasteiger partial charge in [-0.2, -0.15) is 0 Å². The number of para-hydroxylation sites is 2. The van der Waals surface area contributed by atoms with Crippen molar-refractivity contribution >= 4 is 28.4 Å². The van der Waals surface area contributed by atoms with Crippen LogP contribution in [0.4, 0.5) is 28.4 Å². The standard InChI is InChI=1S/C62H54N2/c1-41-37-51(63(47-23-15-9-16-24-47)49-31-27-45(28-32-49)43-19-11-7-12-20-43)39-55-57(41)53-35-36-54-58-42(2)38-52(40-56(58)62(5,6)60(54)59(53)61(55,3)4)64(48-25-17-10-18-26-48)50-33-29-46(30-34-50)44-21-13-8-14-22-44/h7-40,55,57H,1-6H3. The van der Waals surface area contributed by atoms with E-state index in [9.17, 15) is 0 Å². The molecule has 0 heterocycles. The Morgan fingerprint density at radius 2 is 0.906 bits per heavy atom. The molecule has 3 aliphatic rings. The molecule has 0 saturated carbocycles. The third-order valence-electron chi connectivity index (χ3n) is 14.5. The van der Waals surface area contributed by atoms with Crippen molar-refractivity contribution in [3.8, 4) is 33.4 Å². The van der Waals surface area contributed by atoms with Crippen molar-refractivity contribution in [1.82, 2.24) is 0 Å². The van der Waals surface area contributed by atoms with Gasteiger partial charge in [0.25, 0.3) is 0 Å². The molecule has 8 aromatic carbocycles. The van der Waals surface area contributed by atoms with Crippen molar-refractivity contribution in [3.63, 3.8) is 0 Å². The average Bonchev–Trinajstić information content (AvgIpc) is 3.70. The number of rotatable bonds is 8. The Hall–Kier alpha value is -7.16. The minimum atomic E-state index is -0.220. The molecular formula is C62H54N2. The highest BCUT2D eigenvalue weighted by Crippen LogP contribution is 2.63. The molecule has 8 aromatic rings. The van der Waals surface area contributed by atoms with Gasteiger partial charge in [0.15, 0.2) is 0 Å². The summed E-state index contributed by atoms with van der Waals surface area (Å²) in [5, 5.41) is 0. The number of nitrogens with zero attached hydrogens (tertiary/aromatic N) is 2. The largest absolute Gasteiger partial charge is 0.311 e. The molecule has 0 bridgehead atoms. The van der Waals surface area contributed by atoms with Crippen LogP contribution in [-0.2, 0) is 10.8 Å². The quantitative estimate of drug-likeness (QED) is 0.151. The zero-order valence-corrected chi connectivity index (χ0v) is 37.7. The van der Waals surface area contributed by atoms with Crippen LogP contribution >= 0.6 is 0 Å². The van der Waals surface area contributed by atoms with Gasteiger partial charge in [0.05, 0.1) is 0 Å². The van der Waals surface area contributed by atoms with Gasteiger partial charge in [0.2, 0.25) is 0 Å². The normalized spacial score (nSPS) is 17.3. The molecule has 0 N–H and O–H groups in total. The second kappa shape index (κ2) is 15.3. The van der Waals surface area contributed by atoms with E-state index in [1.165, 1.54) is 78.2 Å². The van der Waals surface area contributed by atoms with Crippen molar-refractivity contribution < 1.29 is 0 Å². The lowest BCUT2D eigenvalue weighted by Gasteiger charge is -2.37. The summed E-state index contributed by atoms with van der Waals surface area (Å²) in [5.74, 6) is 0.591. The van der Waals surface area contributed by atoms with Crippen LogP contribution in [0.25, 0.3) is 33.4 Å². The molecule has 0 fully saturated rings. The van der Waals surface area contributed by atoms with Crippen LogP contribution in [0, 0.1) is 12.8 Å². The number of hydrogen-bond donors (Lipinski definition) is 0. The Labute approximate surface area is 379 Å². The number of aryl methyl sites for hydroxylation is 1. The van der Waals surface area contributed by atoms with Crippen LogP contribution in [0.15, 0.2) is 218 Å². The molecule has 11 rings (SSSR count). The molecular weight excluding hydrogens is 773 g/mol. The Balaban J connectivity index is 0.994. The maximum absolute atomic E-state index is 2.60. The van der Waals surface area contributed by atoms with Crippen LogP contribution < -0.4 is 9.80 Å². The fourth-order valence-corrected chi connectivity index (χ4v) is 11.5. The van der Waals surface area contributed by atoms with Crippen molar-refractivity contribution in [2.45, 2.75) is 58.3 Å². The molecule has 2 unspecified atom stereocenters. The summed E-state index contributed by atoms with van der Waals surface area (Å²) in [4.78, 5) is 4.88. The molecule has 64 heavy (non-hydrogen) atoms. The lowest BCUT2D eigenvalue weighted by atomic mass is 9.69.